The van der Waals surface area contributed by atoms with E-state index in [-0.39, 0.29) is 0 Å². The van der Waals surface area contributed by atoms with Crippen molar-refractivity contribution in [2.24, 2.45) is 10.8 Å². The fourth-order valence-electron chi connectivity index (χ4n) is 3.03. The molecule has 0 aromatic carbocycles. The Morgan fingerprint density at radius 3 is 1.31 bits per heavy atom. The van der Waals surface area contributed by atoms with Crippen molar-refractivity contribution >= 4 is 0 Å². The maximum absolute atomic E-state index is 2.52. The monoisotopic (exact) mass is 227 g/mol. The standard InChI is InChI=1S/C15H33N/c1-8-10-14(3,4)12-16(7)13-15(5,6)11-9-2/h8-13H2,1-7H3. The van der Waals surface area contributed by atoms with E-state index >= 15 is 0 Å². The lowest BCUT2D eigenvalue weighted by Crippen LogP contribution is -2.37. The van der Waals surface area contributed by atoms with E-state index in [1.807, 2.05) is 0 Å². The highest BCUT2D eigenvalue weighted by atomic mass is 15.1. The number of hydrogen-bond donors (Lipinski definition) is 0. The second kappa shape index (κ2) is 6.64. The van der Waals surface area contributed by atoms with Crippen LogP contribution in [-0.2, 0) is 0 Å². The van der Waals surface area contributed by atoms with Crippen molar-refractivity contribution in [1.82, 2.24) is 4.90 Å². The second-order valence-electron chi connectivity index (χ2n) is 7.00. The first-order chi connectivity index (χ1) is 7.22. The van der Waals surface area contributed by atoms with Gasteiger partial charge in [-0.25, -0.2) is 0 Å². The van der Waals surface area contributed by atoms with Crippen LogP contribution in [0.1, 0.15) is 67.2 Å². The summed E-state index contributed by atoms with van der Waals surface area (Å²) in [5, 5.41) is 0. The largest absolute Gasteiger partial charge is 0.305 e. The second-order valence-corrected chi connectivity index (χ2v) is 7.00. The Morgan fingerprint density at radius 1 is 0.750 bits per heavy atom. The van der Waals surface area contributed by atoms with Crippen LogP contribution in [0.25, 0.3) is 0 Å². The normalized spacial score (nSPS) is 13.5. The lowest BCUT2D eigenvalue weighted by Gasteiger charge is -2.35. The van der Waals surface area contributed by atoms with Gasteiger partial charge in [0.1, 0.15) is 0 Å². The van der Waals surface area contributed by atoms with E-state index in [1.54, 1.807) is 0 Å². The summed E-state index contributed by atoms with van der Waals surface area (Å²) in [5.74, 6) is 0. The molecule has 0 aliphatic carbocycles. The first-order valence-corrected chi connectivity index (χ1v) is 6.91. The van der Waals surface area contributed by atoms with Crippen LogP contribution in [0, 0.1) is 10.8 Å². The molecule has 0 aliphatic rings. The molecule has 0 saturated heterocycles. The van der Waals surface area contributed by atoms with E-state index in [9.17, 15) is 0 Å². The fraction of sp³-hybridized carbons (Fsp3) is 1.00. The number of rotatable bonds is 8. The van der Waals surface area contributed by atoms with Gasteiger partial charge in [-0.15, -0.1) is 0 Å². The van der Waals surface area contributed by atoms with Crippen LogP contribution in [0.5, 0.6) is 0 Å². The Labute approximate surface area is 104 Å². The van der Waals surface area contributed by atoms with Gasteiger partial charge in [0.2, 0.25) is 0 Å². The summed E-state index contributed by atoms with van der Waals surface area (Å²) >= 11 is 0. The van der Waals surface area contributed by atoms with Crippen molar-refractivity contribution in [1.29, 1.82) is 0 Å². The van der Waals surface area contributed by atoms with E-state index < -0.39 is 0 Å². The highest BCUT2D eigenvalue weighted by molar-refractivity contribution is 4.77. The molecule has 0 rings (SSSR count). The zero-order valence-corrected chi connectivity index (χ0v) is 12.7. The maximum Gasteiger partial charge on any atom is 0.00299 e. The average molecular weight is 227 g/mol. The zero-order valence-electron chi connectivity index (χ0n) is 12.7. The van der Waals surface area contributed by atoms with Crippen LogP contribution >= 0.6 is 0 Å². The van der Waals surface area contributed by atoms with Crippen molar-refractivity contribution in [2.45, 2.75) is 67.2 Å². The first kappa shape index (κ1) is 16.0. The Balaban J connectivity index is 4.11. The van der Waals surface area contributed by atoms with Gasteiger partial charge in [-0.2, -0.15) is 0 Å². The molecule has 0 aromatic rings. The fourth-order valence-corrected chi connectivity index (χ4v) is 3.03. The van der Waals surface area contributed by atoms with Crippen LogP contribution in [0.3, 0.4) is 0 Å². The molecule has 0 spiro atoms. The van der Waals surface area contributed by atoms with E-state index in [1.165, 1.54) is 38.8 Å². The molecule has 0 aliphatic heterocycles. The third-order valence-corrected chi connectivity index (χ3v) is 3.25. The molecule has 16 heavy (non-hydrogen) atoms. The van der Waals surface area contributed by atoms with Crippen molar-refractivity contribution < 1.29 is 0 Å². The van der Waals surface area contributed by atoms with Crippen LogP contribution in [0.4, 0.5) is 0 Å². The molecule has 0 unspecified atom stereocenters. The summed E-state index contributed by atoms with van der Waals surface area (Å²) in [7, 11) is 2.27. The minimum absolute atomic E-state index is 0.464. The summed E-state index contributed by atoms with van der Waals surface area (Å²) in [5.41, 5.74) is 0.928. The smallest absolute Gasteiger partial charge is 0.00299 e. The Morgan fingerprint density at radius 2 is 1.06 bits per heavy atom. The zero-order chi connectivity index (χ0) is 12.8. The predicted octanol–water partition coefficient (Wildman–Crippen LogP) is 4.57. The molecule has 0 atom stereocenters. The van der Waals surface area contributed by atoms with Gasteiger partial charge in [-0.05, 0) is 30.7 Å². The first-order valence-electron chi connectivity index (χ1n) is 6.91. The minimum Gasteiger partial charge on any atom is -0.305 e. The molecule has 0 heterocycles. The van der Waals surface area contributed by atoms with E-state index in [4.69, 9.17) is 0 Å². The van der Waals surface area contributed by atoms with Gasteiger partial charge in [0.25, 0.3) is 0 Å². The number of nitrogens with zero attached hydrogens (tertiary/aromatic N) is 1. The summed E-state index contributed by atoms with van der Waals surface area (Å²) < 4.78 is 0. The molecular formula is C15H33N. The molecule has 0 bridgehead atoms. The molecular weight excluding hydrogens is 194 g/mol. The molecule has 0 aromatic heterocycles. The van der Waals surface area contributed by atoms with Crippen LogP contribution in [0.15, 0.2) is 0 Å². The molecule has 0 amide bonds. The van der Waals surface area contributed by atoms with Gasteiger partial charge >= 0.3 is 0 Å². The summed E-state index contributed by atoms with van der Waals surface area (Å²) in [4.78, 5) is 2.52. The van der Waals surface area contributed by atoms with Crippen molar-refractivity contribution in [2.75, 3.05) is 20.1 Å². The van der Waals surface area contributed by atoms with Crippen molar-refractivity contribution in [3.63, 3.8) is 0 Å². The van der Waals surface area contributed by atoms with Crippen LogP contribution in [-0.4, -0.2) is 25.0 Å². The van der Waals surface area contributed by atoms with Crippen molar-refractivity contribution in [3.8, 4) is 0 Å². The summed E-state index contributed by atoms with van der Waals surface area (Å²) in [6.07, 6.45) is 5.23. The third-order valence-electron chi connectivity index (χ3n) is 3.25. The van der Waals surface area contributed by atoms with E-state index in [2.05, 4.69) is 53.5 Å². The third kappa shape index (κ3) is 7.27. The van der Waals surface area contributed by atoms with Gasteiger partial charge in [0.05, 0.1) is 0 Å². The SMILES string of the molecule is CCCC(C)(C)CN(C)CC(C)(C)CCC. The van der Waals surface area contributed by atoms with Crippen LogP contribution in [0.2, 0.25) is 0 Å². The predicted molar refractivity (Wildman–Crippen MR) is 74.9 cm³/mol. The van der Waals surface area contributed by atoms with E-state index in [0.29, 0.717) is 10.8 Å². The Kier molecular flexibility index (Phi) is 6.62. The Hall–Kier alpha value is -0.0400. The van der Waals surface area contributed by atoms with E-state index in [0.717, 1.165) is 0 Å². The molecule has 0 saturated carbocycles. The van der Waals surface area contributed by atoms with Crippen molar-refractivity contribution in [3.05, 3.63) is 0 Å². The average Bonchev–Trinajstić information content (AvgIpc) is 1.99. The molecule has 98 valence electrons. The highest BCUT2D eigenvalue weighted by Crippen LogP contribution is 2.27. The number of hydrogen-bond acceptors (Lipinski definition) is 1. The summed E-state index contributed by atoms with van der Waals surface area (Å²) in [6, 6.07) is 0. The van der Waals surface area contributed by atoms with Gasteiger partial charge in [0.15, 0.2) is 0 Å². The lowest BCUT2D eigenvalue weighted by molar-refractivity contribution is 0.139. The van der Waals surface area contributed by atoms with Crippen LogP contribution < -0.4 is 0 Å². The van der Waals surface area contributed by atoms with Gasteiger partial charge in [-0.1, -0.05) is 54.4 Å². The van der Waals surface area contributed by atoms with Gasteiger partial charge in [-0.3, -0.25) is 0 Å². The maximum atomic E-state index is 2.52. The Bertz CT molecular complexity index is 162. The quantitative estimate of drug-likeness (QED) is 0.587. The molecule has 1 heteroatoms. The summed E-state index contributed by atoms with van der Waals surface area (Å²) in [6.45, 7) is 16.5. The topological polar surface area (TPSA) is 3.24 Å². The molecule has 0 radical (unpaired) electrons. The molecule has 1 nitrogen and oxygen atoms in total. The molecule has 0 fully saturated rings. The lowest BCUT2D eigenvalue weighted by atomic mass is 9.84. The minimum atomic E-state index is 0.464. The molecule has 0 N–H and O–H groups in total. The van der Waals surface area contributed by atoms with Gasteiger partial charge in [0, 0.05) is 13.1 Å². The highest BCUT2D eigenvalue weighted by Gasteiger charge is 2.23. The van der Waals surface area contributed by atoms with Gasteiger partial charge < -0.3 is 4.90 Å².